The average molecular weight is 288 g/mol. The van der Waals surface area contributed by atoms with Gasteiger partial charge in [-0.15, -0.1) is 0 Å². The molecule has 0 N–H and O–H groups in total. The van der Waals surface area contributed by atoms with Crippen molar-refractivity contribution in [1.29, 1.82) is 0 Å². The molecule has 0 aromatic rings. The third-order valence-corrected chi connectivity index (χ3v) is 1.96. The van der Waals surface area contributed by atoms with Crippen LogP contribution in [0.2, 0.25) is 0 Å². The van der Waals surface area contributed by atoms with Gasteiger partial charge in [-0.25, -0.2) is 25.7 Å². The van der Waals surface area contributed by atoms with Crippen LogP contribution in [0.5, 0.6) is 0 Å². The van der Waals surface area contributed by atoms with Crippen molar-refractivity contribution < 1.29 is 65.4 Å². The first-order chi connectivity index (χ1) is 3.79. The van der Waals surface area contributed by atoms with Gasteiger partial charge in [0, 0.05) is 65.4 Å². The Morgan fingerprint density at radius 3 is 1.10 bits per heavy atom. The van der Waals surface area contributed by atoms with Crippen LogP contribution in [0.25, 0.3) is 0 Å². The molecule has 0 aliphatic heterocycles. The van der Waals surface area contributed by atoms with E-state index in [1.54, 1.807) is 11.8 Å². The molecular formula is C8H14Y2-2. The van der Waals surface area contributed by atoms with Crippen molar-refractivity contribution in [1.82, 2.24) is 0 Å². The molecule has 0 heterocycles. The molecule has 0 spiro atoms. The summed E-state index contributed by atoms with van der Waals surface area (Å²) in [5, 5.41) is 0. The number of hydrogen-bond donors (Lipinski definition) is 0. The van der Waals surface area contributed by atoms with Crippen LogP contribution in [0, 0.1) is 11.8 Å². The molecular weight excluding hydrogens is 274 g/mol. The van der Waals surface area contributed by atoms with E-state index in [0.29, 0.717) is 0 Å². The van der Waals surface area contributed by atoms with Crippen LogP contribution in [-0.2, 0) is 65.4 Å². The summed E-state index contributed by atoms with van der Waals surface area (Å²) in [6, 6.07) is 0. The minimum absolute atomic E-state index is 0. The first-order valence-corrected chi connectivity index (χ1v) is 3.41. The first-order valence-electron chi connectivity index (χ1n) is 3.41. The second-order valence-corrected chi connectivity index (χ2v) is 2.91. The van der Waals surface area contributed by atoms with Gasteiger partial charge in [-0.3, -0.25) is 0 Å². The van der Waals surface area contributed by atoms with Crippen molar-refractivity contribution in [2.45, 2.75) is 39.5 Å². The Morgan fingerprint density at radius 2 is 0.900 bits per heavy atom. The monoisotopic (exact) mass is 288 g/mol. The predicted octanol–water partition coefficient (Wildman–Crippen LogP) is 2.74. The molecule has 0 aromatic heterocycles. The largest absolute Gasteiger partial charge is 0.321 e. The Bertz CT molecular complexity index is 55.7. The van der Waals surface area contributed by atoms with Crippen LogP contribution in [0.3, 0.4) is 0 Å². The van der Waals surface area contributed by atoms with E-state index in [2.05, 4.69) is 13.8 Å². The maximum atomic E-state index is 2.27. The van der Waals surface area contributed by atoms with Gasteiger partial charge in [0.05, 0.1) is 0 Å². The van der Waals surface area contributed by atoms with Gasteiger partial charge in [-0.05, 0) is 0 Å². The third-order valence-electron chi connectivity index (χ3n) is 1.96. The quantitative estimate of drug-likeness (QED) is 0.601. The molecule has 0 amide bonds. The fourth-order valence-corrected chi connectivity index (χ4v) is 1.10. The average Bonchev–Trinajstić information content (AvgIpc) is 1.77. The summed E-state index contributed by atoms with van der Waals surface area (Å²) >= 11 is 0. The standard InChI is InChI=1S/C8H14.2Y/c1-7-3-5-8(2)6-4-7;;/h3-6H2,1-2H3;;/q-2;;. The molecule has 10 heavy (non-hydrogen) atoms. The van der Waals surface area contributed by atoms with E-state index < -0.39 is 0 Å². The SMILES string of the molecule is C[C-]1CC[C-](C)CC1.[Y].[Y]. The molecule has 1 rings (SSSR count). The molecule has 54 valence electrons. The summed E-state index contributed by atoms with van der Waals surface area (Å²) in [7, 11) is 0. The Hall–Kier alpha value is 2.21. The minimum Gasteiger partial charge on any atom is -0.321 e. The van der Waals surface area contributed by atoms with Gasteiger partial charge in [-0.1, -0.05) is 0 Å². The van der Waals surface area contributed by atoms with Crippen LogP contribution in [0.15, 0.2) is 0 Å². The molecule has 1 aliphatic carbocycles. The molecule has 0 saturated heterocycles. The molecule has 1 saturated carbocycles. The summed E-state index contributed by atoms with van der Waals surface area (Å²) in [6.45, 7) is 4.54. The molecule has 2 heteroatoms. The first kappa shape index (κ1) is 14.7. The molecule has 0 atom stereocenters. The maximum absolute atomic E-state index is 2.27. The van der Waals surface area contributed by atoms with Gasteiger partial charge < -0.3 is 11.8 Å². The molecule has 0 bridgehead atoms. The van der Waals surface area contributed by atoms with Crippen molar-refractivity contribution in [2.75, 3.05) is 0 Å². The predicted molar refractivity (Wildman–Crippen MR) is 36.3 cm³/mol. The van der Waals surface area contributed by atoms with Crippen LogP contribution < -0.4 is 0 Å². The maximum Gasteiger partial charge on any atom is 0 e. The molecule has 0 aromatic carbocycles. The zero-order valence-corrected chi connectivity index (χ0v) is 12.7. The fourth-order valence-electron chi connectivity index (χ4n) is 1.10. The molecule has 1 aliphatic rings. The zero-order valence-electron chi connectivity index (χ0n) is 6.98. The van der Waals surface area contributed by atoms with Crippen molar-refractivity contribution in [3.8, 4) is 0 Å². The Labute approximate surface area is 115 Å². The molecule has 1 fully saturated rings. The topological polar surface area (TPSA) is 0 Å². The summed E-state index contributed by atoms with van der Waals surface area (Å²) in [5.41, 5.74) is 0. The van der Waals surface area contributed by atoms with E-state index in [0.717, 1.165) is 0 Å². The summed E-state index contributed by atoms with van der Waals surface area (Å²) in [6.07, 6.45) is 5.41. The smallest absolute Gasteiger partial charge is 0 e. The summed E-state index contributed by atoms with van der Waals surface area (Å²) < 4.78 is 0. The molecule has 2 radical (unpaired) electrons. The fraction of sp³-hybridized carbons (Fsp3) is 0.750. The molecule has 0 unspecified atom stereocenters. The second kappa shape index (κ2) is 7.84. The van der Waals surface area contributed by atoms with E-state index in [-0.39, 0.29) is 65.4 Å². The Balaban J connectivity index is 0. The van der Waals surface area contributed by atoms with Crippen molar-refractivity contribution in [3.63, 3.8) is 0 Å². The van der Waals surface area contributed by atoms with Gasteiger partial charge in [0.1, 0.15) is 0 Å². The third kappa shape index (κ3) is 5.81. The number of rotatable bonds is 0. The zero-order chi connectivity index (χ0) is 5.98. The van der Waals surface area contributed by atoms with E-state index in [1.165, 1.54) is 25.7 Å². The van der Waals surface area contributed by atoms with E-state index >= 15 is 0 Å². The van der Waals surface area contributed by atoms with Crippen LogP contribution in [0.1, 0.15) is 39.5 Å². The van der Waals surface area contributed by atoms with Gasteiger partial charge in [0.2, 0.25) is 0 Å². The number of hydrogen-bond acceptors (Lipinski definition) is 0. The summed E-state index contributed by atoms with van der Waals surface area (Å²) in [4.78, 5) is 0. The van der Waals surface area contributed by atoms with E-state index in [4.69, 9.17) is 0 Å². The van der Waals surface area contributed by atoms with E-state index in [9.17, 15) is 0 Å². The van der Waals surface area contributed by atoms with E-state index in [1.807, 2.05) is 0 Å². The van der Waals surface area contributed by atoms with Gasteiger partial charge in [-0.2, -0.15) is 13.8 Å². The van der Waals surface area contributed by atoms with Crippen molar-refractivity contribution in [2.24, 2.45) is 0 Å². The minimum atomic E-state index is 0. The van der Waals surface area contributed by atoms with Crippen molar-refractivity contribution in [3.05, 3.63) is 11.8 Å². The molecule has 0 nitrogen and oxygen atoms in total. The van der Waals surface area contributed by atoms with Gasteiger partial charge in [0.15, 0.2) is 0 Å². The van der Waals surface area contributed by atoms with Gasteiger partial charge >= 0.3 is 0 Å². The van der Waals surface area contributed by atoms with Crippen LogP contribution in [0.4, 0.5) is 0 Å². The summed E-state index contributed by atoms with van der Waals surface area (Å²) in [5.74, 6) is 3.38. The van der Waals surface area contributed by atoms with Crippen LogP contribution in [-0.4, -0.2) is 0 Å². The van der Waals surface area contributed by atoms with Crippen molar-refractivity contribution >= 4 is 0 Å². The Morgan fingerprint density at radius 1 is 0.700 bits per heavy atom. The Kier molecular flexibility index (Phi) is 11.5. The second-order valence-electron chi connectivity index (χ2n) is 2.91. The normalized spacial score (nSPS) is 21.0. The van der Waals surface area contributed by atoms with Crippen LogP contribution >= 0.6 is 0 Å². The van der Waals surface area contributed by atoms with Gasteiger partial charge in [0.25, 0.3) is 0 Å².